The van der Waals surface area contributed by atoms with E-state index in [0.29, 0.717) is 24.8 Å². The molecule has 1 atom stereocenters. The lowest BCUT2D eigenvalue weighted by molar-refractivity contribution is 0.142. The molecule has 1 aliphatic carbocycles. The zero-order valence-electron chi connectivity index (χ0n) is 13.2. The van der Waals surface area contributed by atoms with Gasteiger partial charge in [-0.15, -0.1) is 0 Å². The molecule has 0 bridgehead atoms. The average Bonchev–Trinajstić information content (AvgIpc) is 3.02. The van der Waals surface area contributed by atoms with Crippen LogP contribution < -0.4 is 0 Å². The summed E-state index contributed by atoms with van der Waals surface area (Å²) >= 11 is 0. The maximum absolute atomic E-state index is 12.8. The minimum absolute atomic E-state index is 0.0184. The lowest BCUT2D eigenvalue weighted by Gasteiger charge is -2.38. The molecule has 6 nitrogen and oxygen atoms in total. The van der Waals surface area contributed by atoms with Gasteiger partial charge in [0.2, 0.25) is 10.0 Å². The highest BCUT2D eigenvalue weighted by atomic mass is 32.2. The third kappa shape index (κ3) is 3.52. The normalized spacial score (nSPS) is 26.3. The third-order valence-corrected chi connectivity index (χ3v) is 7.02. The highest BCUT2D eigenvalue weighted by Crippen LogP contribution is 2.28. The molecule has 0 amide bonds. The predicted octanol–water partition coefficient (Wildman–Crippen LogP) is 1.61. The Kier molecular flexibility index (Phi) is 4.84. The lowest BCUT2D eigenvalue weighted by atomic mass is 9.91. The van der Waals surface area contributed by atoms with Crippen molar-refractivity contribution in [2.45, 2.75) is 38.1 Å². The fourth-order valence-corrected chi connectivity index (χ4v) is 5.48. The smallest absolute Gasteiger partial charge is 0.214 e. The Hall–Kier alpha value is -0.920. The number of H-pyrrole nitrogens is 1. The van der Waals surface area contributed by atoms with Gasteiger partial charge in [0.25, 0.3) is 0 Å². The van der Waals surface area contributed by atoms with Gasteiger partial charge in [0, 0.05) is 32.0 Å². The Morgan fingerprint density at radius 3 is 2.73 bits per heavy atom. The summed E-state index contributed by atoms with van der Waals surface area (Å²) in [5.41, 5.74) is 0. The first-order valence-corrected chi connectivity index (χ1v) is 9.84. The van der Waals surface area contributed by atoms with E-state index in [1.54, 1.807) is 16.7 Å². The van der Waals surface area contributed by atoms with Crippen molar-refractivity contribution in [3.8, 4) is 0 Å². The molecule has 2 fully saturated rings. The number of aromatic nitrogens is 2. The number of likely N-dealkylation sites (N-methyl/N-ethyl adjacent to an activating group) is 1. The van der Waals surface area contributed by atoms with Gasteiger partial charge in [0.05, 0.1) is 11.8 Å². The van der Waals surface area contributed by atoms with Gasteiger partial charge in [-0.2, -0.15) is 4.31 Å². The van der Waals surface area contributed by atoms with Gasteiger partial charge in [0.1, 0.15) is 5.82 Å². The first-order chi connectivity index (χ1) is 10.6. The maximum atomic E-state index is 12.8. The molecule has 2 aliphatic rings. The first-order valence-electron chi connectivity index (χ1n) is 8.23. The third-order valence-electron chi connectivity index (χ3n) is 5.01. The summed E-state index contributed by atoms with van der Waals surface area (Å²) in [5.74, 6) is 1.52. The van der Waals surface area contributed by atoms with Crippen LogP contribution in [0.3, 0.4) is 0 Å². The van der Waals surface area contributed by atoms with E-state index in [9.17, 15) is 8.42 Å². The van der Waals surface area contributed by atoms with Crippen LogP contribution in [0.5, 0.6) is 0 Å². The molecule has 1 saturated heterocycles. The van der Waals surface area contributed by atoms with Crippen molar-refractivity contribution in [1.82, 2.24) is 19.2 Å². The van der Waals surface area contributed by atoms with E-state index in [-0.39, 0.29) is 6.04 Å². The Morgan fingerprint density at radius 1 is 1.27 bits per heavy atom. The Balaban J connectivity index is 1.68. The zero-order chi connectivity index (χ0) is 15.6. The van der Waals surface area contributed by atoms with Crippen molar-refractivity contribution in [2.24, 2.45) is 5.92 Å². The quantitative estimate of drug-likeness (QED) is 0.912. The second kappa shape index (κ2) is 6.68. The Morgan fingerprint density at radius 2 is 2.05 bits per heavy atom. The molecule has 1 aliphatic heterocycles. The van der Waals surface area contributed by atoms with Crippen LogP contribution in [0.4, 0.5) is 0 Å². The minimum atomic E-state index is -3.17. The van der Waals surface area contributed by atoms with Gasteiger partial charge >= 0.3 is 0 Å². The van der Waals surface area contributed by atoms with E-state index >= 15 is 0 Å². The van der Waals surface area contributed by atoms with Gasteiger partial charge in [-0.25, -0.2) is 13.4 Å². The largest absolute Gasteiger partial charge is 0.347 e. The number of nitrogens with zero attached hydrogens (tertiary/aromatic N) is 3. The molecule has 0 spiro atoms. The van der Waals surface area contributed by atoms with E-state index < -0.39 is 10.0 Å². The predicted molar refractivity (Wildman–Crippen MR) is 85.9 cm³/mol. The number of sulfonamides is 1. The number of hydrogen-bond donors (Lipinski definition) is 1. The number of rotatable bonds is 4. The molecule has 124 valence electrons. The molecule has 1 aromatic rings. The number of nitrogens with one attached hydrogen (secondary N) is 1. The molecule has 1 N–H and O–H groups in total. The standard InChI is InChI=1S/C15H26N4O2S/c1-18-9-10-19(11-14(18)15-16-7-8-17-15)22(20,21)12-13-5-3-2-4-6-13/h7-8,13-14H,2-6,9-12H2,1H3,(H,16,17)/t14-/m1/s1. The number of imidazole rings is 1. The van der Waals surface area contributed by atoms with Crippen LogP contribution in [0.2, 0.25) is 0 Å². The summed E-state index contributed by atoms with van der Waals surface area (Å²) in [5, 5.41) is 0. The fourth-order valence-electron chi connectivity index (χ4n) is 3.61. The average molecular weight is 326 g/mol. The van der Waals surface area contributed by atoms with Crippen LogP contribution in [0.15, 0.2) is 12.4 Å². The Bertz CT molecular complexity index is 566. The van der Waals surface area contributed by atoms with Crippen LogP contribution in [-0.4, -0.2) is 60.0 Å². The monoisotopic (exact) mass is 326 g/mol. The van der Waals surface area contributed by atoms with Crippen molar-refractivity contribution in [2.75, 3.05) is 32.4 Å². The van der Waals surface area contributed by atoms with Gasteiger partial charge < -0.3 is 4.98 Å². The van der Waals surface area contributed by atoms with Crippen molar-refractivity contribution >= 4 is 10.0 Å². The van der Waals surface area contributed by atoms with Crippen LogP contribution in [0.25, 0.3) is 0 Å². The van der Waals surface area contributed by atoms with E-state index in [2.05, 4.69) is 14.9 Å². The molecule has 1 saturated carbocycles. The highest BCUT2D eigenvalue weighted by molar-refractivity contribution is 7.89. The second-order valence-electron chi connectivity index (χ2n) is 6.61. The summed E-state index contributed by atoms with van der Waals surface area (Å²) in [6, 6.07) is 0.0184. The summed E-state index contributed by atoms with van der Waals surface area (Å²) < 4.78 is 27.2. The first kappa shape index (κ1) is 16.0. The van der Waals surface area contributed by atoms with Crippen LogP contribution in [-0.2, 0) is 10.0 Å². The fraction of sp³-hybridized carbons (Fsp3) is 0.800. The summed E-state index contributed by atoms with van der Waals surface area (Å²) in [6.45, 7) is 1.83. The molecule has 22 heavy (non-hydrogen) atoms. The van der Waals surface area contributed by atoms with E-state index in [4.69, 9.17) is 0 Å². The summed E-state index contributed by atoms with van der Waals surface area (Å²) in [6.07, 6.45) is 9.25. The van der Waals surface area contributed by atoms with Gasteiger partial charge in [-0.3, -0.25) is 4.90 Å². The number of piperazine rings is 1. The lowest BCUT2D eigenvalue weighted by Crippen LogP contribution is -2.50. The molecule has 0 unspecified atom stereocenters. The van der Waals surface area contributed by atoms with Gasteiger partial charge in [0.15, 0.2) is 0 Å². The Labute approximate surface area is 133 Å². The topological polar surface area (TPSA) is 69.3 Å². The number of hydrogen-bond acceptors (Lipinski definition) is 4. The molecule has 0 aromatic carbocycles. The van der Waals surface area contributed by atoms with Crippen LogP contribution in [0.1, 0.15) is 44.0 Å². The minimum Gasteiger partial charge on any atom is -0.347 e. The van der Waals surface area contributed by atoms with Crippen molar-refractivity contribution in [3.63, 3.8) is 0 Å². The van der Waals surface area contributed by atoms with Gasteiger partial charge in [-0.05, 0) is 25.8 Å². The highest BCUT2D eigenvalue weighted by Gasteiger charge is 2.34. The van der Waals surface area contributed by atoms with Crippen molar-refractivity contribution in [3.05, 3.63) is 18.2 Å². The molecular weight excluding hydrogens is 300 g/mol. The molecule has 2 heterocycles. The molecule has 7 heteroatoms. The van der Waals surface area contributed by atoms with E-state index in [1.807, 2.05) is 7.05 Å². The van der Waals surface area contributed by atoms with Crippen molar-refractivity contribution in [1.29, 1.82) is 0 Å². The zero-order valence-corrected chi connectivity index (χ0v) is 14.1. The van der Waals surface area contributed by atoms with E-state index in [0.717, 1.165) is 25.2 Å². The summed E-state index contributed by atoms with van der Waals surface area (Å²) in [4.78, 5) is 9.59. The number of aromatic amines is 1. The van der Waals surface area contributed by atoms with Crippen LogP contribution in [0, 0.1) is 5.92 Å². The summed E-state index contributed by atoms with van der Waals surface area (Å²) in [7, 11) is -1.14. The van der Waals surface area contributed by atoms with E-state index in [1.165, 1.54) is 19.3 Å². The molecule has 0 radical (unpaired) electrons. The van der Waals surface area contributed by atoms with Gasteiger partial charge in [-0.1, -0.05) is 19.3 Å². The molecular formula is C15H26N4O2S. The van der Waals surface area contributed by atoms with Crippen LogP contribution >= 0.6 is 0 Å². The van der Waals surface area contributed by atoms with Crippen molar-refractivity contribution < 1.29 is 8.42 Å². The molecule has 1 aromatic heterocycles. The SMILES string of the molecule is CN1CCN(S(=O)(=O)CC2CCCCC2)C[C@@H]1c1ncc[nH]1. The molecule has 3 rings (SSSR count). The maximum Gasteiger partial charge on any atom is 0.214 e. The second-order valence-corrected chi connectivity index (χ2v) is 8.62.